The Morgan fingerprint density at radius 2 is 1.89 bits per heavy atom. The molecule has 1 aromatic carbocycles. The van der Waals surface area contributed by atoms with E-state index < -0.39 is 0 Å². The Kier molecular flexibility index (Phi) is 5.24. The summed E-state index contributed by atoms with van der Waals surface area (Å²) in [5.74, 6) is 0.946. The summed E-state index contributed by atoms with van der Waals surface area (Å²) in [6, 6.07) is 5.49. The maximum atomic E-state index is 11.3. The first-order valence-electron chi connectivity index (χ1n) is 5.69. The molecule has 0 aromatic heterocycles. The minimum absolute atomic E-state index is 0.343. The molecule has 0 heterocycles. The fourth-order valence-electron chi connectivity index (χ4n) is 1.53. The van der Waals surface area contributed by atoms with E-state index in [9.17, 15) is 4.79 Å². The third-order valence-electron chi connectivity index (χ3n) is 2.46. The monoisotopic (exact) mass is 250 g/mol. The Hall–Kier alpha value is -1.97. The van der Waals surface area contributed by atoms with E-state index in [0.717, 1.165) is 11.1 Å². The van der Waals surface area contributed by atoms with Gasteiger partial charge in [-0.05, 0) is 37.1 Å². The van der Waals surface area contributed by atoms with Crippen LogP contribution in [-0.4, -0.2) is 26.8 Å². The van der Waals surface area contributed by atoms with Crippen LogP contribution in [0.4, 0.5) is 0 Å². The Morgan fingerprint density at radius 1 is 1.22 bits per heavy atom. The first kappa shape index (κ1) is 14.1. The van der Waals surface area contributed by atoms with E-state index in [0.29, 0.717) is 18.1 Å². The number of ether oxygens (including phenoxy) is 3. The molecule has 0 spiro atoms. The predicted molar refractivity (Wildman–Crippen MR) is 69.8 cm³/mol. The van der Waals surface area contributed by atoms with Crippen molar-refractivity contribution in [2.75, 3.05) is 20.8 Å². The second-order valence-corrected chi connectivity index (χ2v) is 3.65. The van der Waals surface area contributed by atoms with Gasteiger partial charge in [0.15, 0.2) is 11.5 Å². The molecular weight excluding hydrogens is 232 g/mol. The second kappa shape index (κ2) is 6.69. The lowest BCUT2D eigenvalue weighted by molar-refractivity contribution is -0.137. The molecule has 0 bridgehead atoms. The van der Waals surface area contributed by atoms with Crippen molar-refractivity contribution in [2.24, 2.45) is 0 Å². The van der Waals surface area contributed by atoms with Crippen LogP contribution in [0.5, 0.6) is 11.5 Å². The zero-order valence-corrected chi connectivity index (χ0v) is 11.1. The highest BCUT2D eigenvalue weighted by atomic mass is 16.5. The van der Waals surface area contributed by atoms with E-state index in [1.54, 1.807) is 27.2 Å². The van der Waals surface area contributed by atoms with Crippen LogP contribution in [0, 0.1) is 0 Å². The molecule has 0 amide bonds. The van der Waals surface area contributed by atoms with Gasteiger partial charge in [-0.3, -0.25) is 0 Å². The van der Waals surface area contributed by atoms with E-state index >= 15 is 0 Å². The van der Waals surface area contributed by atoms with Crippen LogP contribution < -0.4 is 9.47 Å². The average molecular weight is 250 g/mol. The highest BCUT2D eigenvalue weighted by Crippen LogP contribution is 2.30. The fourth-order valence-corrected chi connectivity index (χ4v) is 1.53. The average Bonchev–Trinajstić information content (AvgIpc) is 2.38. The van der Waals surface area contributed by atoms with Gasteiger partial charge in [-0.1, -0.05) is 6.07 Å². The molecule has 4 nitrogen and oxygen atoms in total. The number of rotatable bonds is 5. The van der Waals surface area contributed by atoms with Crippen LogP contribution in [0.25, 0.3) is 5.57 Å². The summed E-state index contributed by atoms with van der Waals surface area (Å²) in [6.45, 7) is 3.99. The molecule has 98 valence electrons. The largest absolute Gasteiger partial charge is 0.493 e. The smallest absolute Gasteiger partial charge is 0.331 e. The van der Waals surface area contributed by atoms with Gasteiger partial charge >= 0.3 is 5.97 Å². The highest BCUT2D eigenvalue weighted by Gasteiger charge is 2.07. The lowest BCUT2D eigenvalue weighted by atomic mass is 10.1. The third-order valence-corrected chi connectivity index (χ3v) is 2.46. The molecule has 0 aliphatic heterocycles. The topological polar surface area (TPSA) is 44.8 Å². The zero-order valence-electron chi connectivity index (χ0n) is 11.1. The Balaban J connectivity index is 2.99. The molecule has 1 aromatic rings. The zero-order chi connectivity index (χ0) is 13.5. The van der Waals surface area contributed by atoms with Crippen LogP contribution in [-0.2, 0) is 9.53 Å². The van der Waals surface area contributed by atoms with Crippen molar-refractivity contribution in [1.82, 2.24) is 0 Å². The first-order chi connectivity index (χ1) is 8.62. The Labute approximate surface area is 107 Å². The van der Waals surface area contributed by atoms with Gasteiger partial charge < -0.3 is 14.2 Å². The van der Waals surface area contributed by atoms with E-state index in [1.807, 2.05) is 19.1 Å². The van der Waals surface area contributed by atoms with Crippen LogP contribution in [0.15, 0.2) is 24.3 Å². The molecule has 0 aliphatic rings. The van der Waals surface area contributed by atoms with Crippen molar-refractivity contribution in [1.29, 1.82) is 0 Å². The number of allylic oxidation sites excluding steroid dienone is 1. The van der Waals surface area contributed by atoms with Crippen LogP contribution in [0.1, 0.15) is 19.4 Å². The van der Waals surface area contributed by atoms with Gasteiger partial charge in [0.2, 0.25) is 0 Å². The summed E-state index contributed by atoms with van der Waals surface area (Å²) in [5.41, 5.74) is 1.70. The van der Waals surface area contributed by atoms with Gasteiger partial charge in [-0.15, -0.1) is 0 Å². The molecule has 0 atom stereocenters. The number of hydrogen-bond acceptors (Lipinski definition) is 4. The van der Waals surface area contributed by atoms with Gasteiger partial charge in [0.25, 0.3) is 0 Å². The fraction of sp³-hybridized carbons (Fsp3) is 0.357. The predicted octanol–water partition coefficient (Wildman–Crippen LogP) is 2.67. The summed E-state index contributed by atoms with van der Waals surface area (Å²) in [7, 11) is 3.16. The highest BCUT2D eigenvalue weighted by molar-refractivity contribution is 5.91. The first-order valence-corrected chi connectivity index (χ1v) is 5.69. The molecule has 18 heavy (non-hydrogen) atoms. The third kappa shape index (κ3) is 3.52. The van der Waals surface area contributed by atoms with Gasteiger partial charge in [-0.25, -0.2) is 4.79 Å². The Morgan fingerprint density at radius 3 is 2.44 bits per heavy atom. The van der Waals surface area contributed by atoms with Crippen molar-refractivity contribution < 1.29 is 19.0 Å². The Bertz CT molecular complexity index is 449. The quantitative estimate of drug-likeness (QED) is 0.595. The SMILES string of the molecule is CCOC(=O)/C=C(\C)c1ccc(OC)c(OC)c1. The number of hydrogen-bond donors (Lipinski definition) is 0. The summed E-state index contributed by atoms with van der Waals surface area (Å²) in [4.78, 5) is 11.3. The van der Waals surface area contributed by atoms with E-state index in [1.165, 1.54) is 6.08 Å². The van der Waals surface area contributed by atoms with Crippen molar-refractivity contribution in [2.45, 2.75) is 13.8 Å². The molecule has 0 N–H and O–H groups in total. The molecule has 0 saturated carbocycles. The van der Waals surface area contributed by atoms with Crippen molar-refractivity contribution in [3.63, 3.8) is 0 Å². The number of esters is 1. The lowest BCUT2D eigenvalue weighted by Gasteiger charge is -2.09. The van der Waals surface area contributed by atoms with E-state index in [-0.39, 0.29) is 5.97 Å². The summed E-state index contributed by atoms with van der Waals surface area (Å²) in [5, 5.41) is 0. The lowest BCUT2D eigenvalue weighted by Crippen LogP contribution is -2.00. The second-order valence-electron chi connectivity index (χ2n) is 3.65. The molecule has 1 rings (SSSR count). The van der Waals surface area contributed by atoms with Crippen molar-refractivity contribution in [3.8, 4) is 11.5 Å². The number of benzene rings is 1. The number of methoxy groups -OCH3 is 2. The van der Waals surface area contributed by atoms with Gasteiger partial charge in [-0.2, -0.15) is 0 Å². The molecule has 0 aliphatic carbocycles. The standard InChI is InChI=1S/C14H18O4/c1-5-18-14(15)8-10(2)11-6-7-12(16-3)13(9-11)17-4/h6-9H,5H2,1-4H3/b10-8+. The van der Waals surface area contributed by atoms with Gasteiger partial charge in [0.1, 0.15) is 0 Å². The number of carbonyl (C=O) groups excluding carboxylic acids is 1. The minimum atomic E-state index is -0.343. The summed E-state index contributed by atoms with van der Waals surface area (Å²) < 4.78 is 15.2. The number of carbonyl (C=O) groups is 1. The molecule has 0 unspecified atom stereocenters. The van der Waals surface area contributed by atoms with E-state index in [4.69, 9.17) is 14.2 Å². The summed E-state index contributed by atoms with van der Waals surface area (Å²) >= 11 is 0. The maximum absolute atomic E-state index is 11.3. The summed E-state index contributed by atoms with van der Waals surface area (Å²) in [6.07, 6.45) is 1.46. The molecule has 0 saturated heterocycles. The minimum Gasteiger partial charge on any atom is -0.493 e. The molecular formula is C14H18O4. The van der Waals surface area contributed by atoms with Crippen molar-refractivity contribution >= 4 is 11.5 Å². The molecule has 4 heteroatoms. The van der Waals surface area contributed by atoms with Crippen LogP contribution in [0.3, 0.4) is 0 Å². The normalized spacial score (nSPS) is 11.0. The van der Waals surface area contributed by atoms with Gasteiger partial charge in [0, 0.05) is 6.08 Å². The van der Waals surface area contributed by atoms with Gasteiger partial charge in [0.05, 0.1) is 20.8 Å². The van der Waals surface area contributed by atoms with Crippen LogP contribution in [0.2, 0.25) is 0 Å². The van der Waals surface area contributed by atoms with Crippen LogP contribution >= 0.6 is 0 Å². The van der Waals surface area contributed by atoms with Crippen molar-refractivity contribution in [3.05, 3.63) is 29.8 Å². The van der Waals surface area contributed by atoms with E-state index in [2.05, 4.69) is 0 Å². The maximum Gasteiger partial charge on any atom is 0.331 e. The molecule has 0 fully saturated rings. The molecule has 0 radical (unpaired) electrons.